The van der Waals surface area contributed by atoms with E-state index in [-0.39, 0.29) is 0 Å². The molecule has 0 amide bonds. The summed E-state index contributed by atoms with van der Waals surface area (Å²) in [5.41, 5.74) is 6.35. The standard InChI is InChI=1S/C9H8N4O/c14-13-5-6-3-11-12-9(6)7-1-2-10-4-8(7)13/h1-2,4-5,11,14H,3H2. The Morgan fingerprint density at radius 3 is 3.36 bits per heavy atom. The number of hydroxylamine groups is 1. The molecular weight excluding hydrogens is 180 g/mol. The zero-order chi connectivity index (χ0) is 9.54. The molecule has 2 aliphatic rings. The summed E-state index contributed by atoms with van der Waals surface area (Å²) in [4.78, 5) is 3.96. The van der Waals surface area contributed by atoms with E-state index in [2.05, 4.69) is 15.5 Å². The van der Waals surface area contributed by atoms with E-state index in [1.807, 2.05) is 6.07 Å². The van der Waals surface area contributed by atoms with Crippen molar-refractivity contribution in [2.45, 2.75) is 0 Å². The lowest BCUT2D eigenvalue weighted by Gasteiger charge is -2.21. The van der Waals surface area contributed by atoms with Crippen molar-refractivity contribution in [2.75, 3.05) is 11.6 Å². The van der Waals surface area contributed by atoms with Crippen LogP contribution in [0.1, 0.15) is 5.56 Å². The first-order valence-electron chi connectivity index (χ1n) is 4.30. The SMILES string of the molecule is ON1C=C2CNN=C2c2ccncc21. The Labute approximate surface area is 80.3 Å². The van der Waals surface area contributed by atoms with Gasteiger partial charge in [0.05, 0.1) is 24.1 Å². The first-order chi connectivity index (χ1) is 6.86. The van der Waals surface area contributed by atoms with Gasteiger partial charge in [0.1, 0.15) is 0 Å². The number of rotatable bonds is 0. The van der Waals surface area contributed by atoms with Crippen molar-refractivity contribution in [3.8, 4) is 0 Å². The lowest BCUT2D eigenvalue weighted by molar-refractivity contribution is 0.294. The number of pyridine rings is 1. The molecule has 2 N–H and O–H groups in total. The predicted octanol–water partition coefficient (Wildman–Crippen LogP) is 0.482. The van der Waals surface area contributed by atoms with E-state index in [1.54, 1.807) is 18.6 Å². The molecule has 0 unspecified atom stereocenters. The van der Waals surface area contributed by atoms with Crippen LogP contribution in [0.25, 0.3) is 0 Å². The van der Waals surface area contributed by atoms with Crippen molar-refractivity contribution in [3.05, 3.63) is 35.8 Å². The molecule has 3 heterocycles. The quantitative estimate of drug-likeness (QED) is 0.621. The van der Waals surface area contributed by atoms with Gasteiger partial charge < -0.3 is 5.43 Å². The van der Waals surface area contributed by atoms with Gasteiger partial charge in [0.25, 0.3) is 0 Å². The van der Waals surface area contributed by atoms with Crippen molar-refractivity contribution in [1.29, 1.82) is 0 Å². The lowest BCUT2D eigenvalue weighted by Crippen LogP contribution is -2.22. The summed E-state index contributed by atoms with van der Waals surface area (Å²) >= 11 is 0. The molecule has 0 atom stereocenters. The molecule has 14 heavy (non-hydrogen) atoms. The monoisotopic (exact) mass is 188 g/mol. The average Bonchev–Trinajstić information content (AvgIpc) is 2.66. The van der Waals surface area contributed by atoms with Crippen LogP contribution in [0.4, 0.5) is 5.69 Å². The molecule has 5 nitrogen and oxygen atoms in total. The maximum absolute atomic E-state index is 9.64. The fourth-order valence-electron chi connectivity index (χ4n) is 1.69. The third-order valence-electron chi connectivity index (χ3n) is 2.34. The van der Waals surface area contributed by atoms with Crippen LogP contribution in [0, 0.1) is 0 Å². The summed E-state index contributed by atoms with van der Waals surface area (Å²) in [6, 6.07) is 1.84. The largest absolute Gasteiger partial charge is 0.305 e. The van der Waals surface area contributed by atoms with Crippen LogP contribution in [-0.4, -0.2) is 22.4 Å². The van der Waals surface area contributed by atoms with E-state index >= 15 is 0 Å². The van der Waals surface area contributed by atoms with Crippen molar-refractivity contribution < 1.29 is 5.21 Å². The third kappa shape index (κ3) is 0.869. The molecule has 0 aromatic carbocycles. The maximum Gasteiger partial charge on any atom is 0.0990 e. The third-order valence-corrected chi connectivity index (χ3v) is 2.34. The summed E-state index contributed by atoms with van der Waals surface area (Å²) in [6.07, 6.45) is 4.96. The zero-order valence-corrected chi connectivity index (χ0v) is 7.31. The van der Waals surface area contributed by atoms with Gasteiger partial charge in [0.2, 0.25) is 0 Å². The molecule has 70 valence electrons. The smallest absolute Gasteiger partial charge is 0.0990 e. The van der Waals surface area contributed by atoms with Gasteiger partial charge in [-0.15, -0.1) is 0 Å². The van der Waals surface area contributed by atoms with Crippen LogP contribution in [0.2, 0.25) is 0 Å². The highest BCUT2D eigenvalue weighted by Crippen LogP contribution is 2.28. The highest BCUT2D eigenvalue weighted by molar-refractivity contribution is 6.18. The number of nitrogens with zero attached hydrogens (tertiary/aromatic N) is 3. The number of hydrogen-bond acceptors (Lipinski definition) is 5. The molecule has 1 aromatic rings. The zero-order valence-electron chi connectivity index (χ0n) is 7.31. The van der Waals surface area contributed by atoms with Crippen LogP contribution >= 0.6 is 0 Å². The Morgan fingerprint density at radius 1 is 1.50 bits per heavy atom. The molecule has 0 saturated carbocycles. The topological polar surface area (TPSA) is 60.8 Å². The van der Waals surface area contributed by atoms with Crippen molar-refractivity contribution in [3.63, 3.8) is 0 Å². The molecule has 1 aromatic heterocycles. The summed E-state index contributed by atoms with van der Waals surface area (Å²) in [5.74, 6) is 0. The average molecular weight is 188 g/mol. The van der Waals surface area contributed by atoms with Crippen LogP contribution in [0.15, 0.2) is 35.3 Å². The summed E-state index contributed by atoms with van der Waals surface area (Å²) in [6.45, 7) is 0.661. The Balaban J connectivity index is 2.25. The number of aromatic nitrogens is 1. The first kappa shape index (κ1) is 7.52. The highest BCUT2D eigenvalue weighted by Gasteiger charge is 2.25. The van der Waals surface area contributed by atoms with Gasteiger partial charge >= 0.3 is 0 Å². The van der Waals surface area contributed by atoms with Crippen molar-refractivity contribution in [1.82, 2.24) is 10.4 Å². The lowest BCUT2D eigenvalue weighted by atomic mass is 10.0. The molecule has 2 aliphatic heterocycles. The molecule has 0 aliphatic carbocycles. The first-order valence-corrected chi connectivity index (χ1v) is 4.30. The van der Waals surface area contributed by atoms with Gasteiger partial charge in [0.15, 0.2) is 0 Å². The number of fused-ring (bicyclic) bond motifs is 3. The van der Waals surface area contributed by atoms with E-state index in [4.69, 9.17) is 0 Å². The van der Waals surface area contributed by atoms with E-state index in [1.165, 1.54) is 0 Å². The van der Waals surface area contributed by atoms with Crippen LogP contribution < -0.4 is 10.5 Å². The minimum Gasteiger partial charge on any atom is -0.305 e. The Kier molecular flexibility index (Phi) is 1.37. The number of nitrogens with one attached hydrogen (secondary N) is 1. The summed E-state index contributed by atoms with van der Waals surface area (Å²) in [5, 5.41) is 14.9. The Morgan fingerprint density at radius 2 is 2.43 bits per heavy atom. The molecular formula is C9H8N4O. The second-order valence-electron chi connectivity index (χ2n) is 3.19. The Bertz CT molecular complexity index is 452. The predicted molar refractivity (Wildman–Crippen MR) is 51.1 cm³/mol. The second-order valence-corrected chi connectivity index (χ2v) is 3.19. The fraction of sp³-hybridized carbons (Fsp3) is 0.111. The van der Waals surface area contributed by atoms with Crippen molar-refractivity contribution >= 4 is 11.4 Å². The fourth-order valence-corrected chi connectivity index (χ4v) is 1.69. The van der Waals surface area contributed by atoms with Gasteiger partial charge in [-0.3, -0.25) is 10.2 Å². The van der Waals surface area contributed by atoms with Gasteiger partial charge in [-0.1, -0.05) is 0 Å². The Hall–Kier alpha value is -1.88. The summed E-state index contributed by atoms with van der Waals surface area (Å²) < 4.78 is 0. The van der Waals surface area contributed by atoms with Gasteiger partial charge in [-0.25, -0.2) is 5.06 Å². The second kappa shape index (κ2) is 2.55. The summed E-state index contributed by atoms with van der Waals surface area (Å²) in [7, 11) is 0. The van der Waals surface area contributed by atoms with E-state index in [0.29, 0.717) is 12.2 Å². The number of hydrogen-bond donors (Lipinski definition) is 2. The van der Waals surface area contributed by atoms with E-state index in [0.717, 1.165) is 21.9 Å². The number of hydrazone groups is 1. The highest BCUT2D eigenvalue weighted by atomic mass is 16.5. The van der Waals surface area contributed by atoms with Crippen LogP contribution in [-0.2, 0) is 0 Å². The molecule has 0 saturated heterocycles. The molecule has 0 spiro atoms. The normalized spacial score (nSPS) is 17.9. The molecule has 0 fully saturated rings. The molecule has 5 heteroatoms. The van der Waals surface area contributed by atoms with Gasteiger partial charge in [-0.05, 0) is 6.07 Å². The van der Waals surface area contributed by atoms with E-state index < -0.39 is 0 Å². The van der Waals surface area contributed by atoms with Crippen LogP contribution in [0.5, 0.6) is 0 Å². The number of anilines is 1. The minimum absolute atomic E-state index is 0.661. The molecule has 0 radical (unpaired) electrons. The van der Waals surface area contributed by atoms with Crippen LogP contribution in [0.3, 0.4) is 0 Å². The van der Waals surface area contributed by atoms with E-state index in [9.17, 15) is 5.21 Å². The van der Waals surface area contributed by atoms with Gasteiger partial charge in [0, 0.05) is 23.5 Å². The molecule has 3 rings (SSSR count). The molecule has 0 bridgehead atoms. The van der Waals surface area contributed by atoms with Crippen molar-refractivity contribution in [2.24, 2.45) is 5.10 Å². The maximum atomic E-state index is 9.64. The minimum atomic E-state index is 0.661. The van der Waals surface area contributed by atoms with Gasteiger partial charge in [-0.2, -0.15) is 5.10 Å².